The molecule has 6 heterocycles. The normalized spacial score (nSPS) is 20.4. The fourth-order valence-electron chi connectivity index (χ4n) is 8.64. The first kappa shape index (κ1) is 41.7. The minimum absolute atomic E-state index is 0.0122. The summed E-state index contributed by atoms with van der Waals surface area (Å²) >= 11 is 0.705. The third kappa shape index (κ3) is 8.34. The first-order valence-electron chi connectivity index (χ1n) is 20.3. The number of carbonyl (C=O) groups excluding carboxylic acids is 2. The first-order chi connectivity index (χ1) is 28.2. The number of nitrogens with zero attached hydrogens (tertiary/aromatic N) is 7. The van der Waals surface area contributed by atoms with Crippen LogP contribution in [0.25, 0.3) is 32.2 Å². The highest BCUT2D eigenvalue weighted by Gasteiger charge is 2.47. The highest BCUT2D eigenvalue weighted by atomic mass is 32.1. The third-order valence-electron chi connectivity index (χ3n) is 11.4. The number of amides is 2. The number of piperazine rings is 1. The number of anilines is 2. The zero-order valence-corrected chi connectivity index (χ0v) is 35.3. The van der Waals surface area contributed by atoms with Crippen molar-refractivity contribution in [1.29, 1.82) is 5.26 Å². The number of thiophene rings is 1. The summed E-state index contributed by atoms with van der Waals surface area (Å²) in [7, 11) is 0. The summed E-state index contributed by atoms with van der Waals surface area (Å²) in [6.07, 6.45) is 0.267. The predicted octanol–water partition coefficient (Wildman–Crippen LogP) is 9.13. The molecule has 4 fully saturated rings. The lowest BCUT2D eigenvalue weighted by molar-refractivity contribution is -0.136. The van der Waals surface area contributed by atoms with Gasteiger partial charge in [-0.3, -0.25) is 15.2 Å². The Morgan fingerprint density at radius 2 is 1.67 bits per heavy atom. The minimum Gasteiger partial charge on any atom is -0.463 e. The summed E-state index contributed by atoms with van der Waals surface area (Å²) in [4.78, 5) is 45.7. The van der Waals surface area contributed by atoms with E-state index in [0.717, 1.165) is 57.5 Å². The maximum absolute atomic E-state index is 15.8. The van der Waals surface area contributed by atoms with Gasteiger partial charge in [0.2, 0.25) is 0 Å². The molecule has 1 aliphatic carbocycles. The summed E-state index contributed by atoms with van der Waals surface area (Å²) in [5.74, 6) is -0.615. The van der Waals surface area contributed by atoms with Crippen LogP contribution in [0.1, 0.15) is 91.2 Å². The van der Waals surface area contributed by atoms with E-state index >= 15 is 17.6 Å². The monoisotopic (exact) mass is 852 g/mol. The smallest absolute Gasteiger partial charge is 0.420 e. The number of nitriles is 1. The molecular weight excluding hydrogens is 805 g/mol. The van der Waals surface area contributed by atoms with Crippen molar-refractivity contribution in [2.75, 3.05) is 49.5 Å². The highest BCUT2D eigenvalue weighted by molar-refractivity contribution is 7.23. The number of pyridine rings is 1. The molecule has 3 aromatic heterocycles. The topological polar surface area (TPSA) is 146 Å². The Kier molecular flexibility index (Phi) is 10.5. The summed E-state index contributed by atoms with van der Waals surface area (Å²) in [5.41, 5.74) is -4.47. The fourth-order valence-corrected chi connectivity index (χ4v) is 9.71. The quantitative estimate of drug-likeness (QED) is 0.169. The second-order valence-corrected chi connectivity index (χ2v) is 19.4. The number of halogens is 4. The molecule has 1 saturated carbocycles. The Labute approximate surface area is 349 Å². The van der Waals surface area contributed by atoms with Gasteiger partial charge in [-0.05, 0) is 105 Å². The number of rotatable bonds is 8. The Morgan fingerprint density at radius 3 is 2.27 bits per heavy atom. The van der Waals surface area contributed by atoms with E-state index in [0.29, 0.717) is 24.2 Å². The maximum atomic E-state index is 15.8. The van der Waals surface area contributed by atoms with Crippen LogP contribution in [0.15, 0.2) is 18.3 Å². The molecule has 3 saturated heterocycles. The number of nitrogens with one attached hydrogen (secondary N) is 1. The Bertz CT molecular complexity index is 2380. The maximum Gasteiger partial charge on any atom is 0.420 e. The zero-order valence-electron chi connectivity index (χ0n) is 34.5. The number of hydrogen-bond donors (Lipinski definition) is 1. The van der Waals surface area contributed by atoms with Crippen LogP contribution in [0.4, 0.5) is 38.0 Å². The number of benzene rings is 1. The molecule has 60 heavy (non-hydrogen) atoms. The van der Waals surface area contributed by atoms with Crippen LogP contribution in [-0.2, 0) is 15.7 Å². The van der Waals surface area contributed by atoms with E-state index in [1.54, 1.807) is 46.4 Å². The van der Waals surface area contributed by atoms with Crippen LogP contribution in [0.5, 0.6) is 6.01 Å². The van der Waals surface area contributed by atoms with Crippen molar-refractivity contribution in [3.8, 4) is 23.3 Å². The Balaban J connectivity index is 1.25. The third-order valence-corrected chi connectivity index (χ3v) is 12.5. The van der Waals surface area contributed by atoms with Crippen LogP contribution in [0.3, 0.4) is 0 Å². The average Bonchev–Trinajstić information content (AvgIpc) is 3.39. The van der Waals surface area contributed by atoms with Crippen LogP contribution < -0.4 is 15.0 Å². The summed E-state index contributed by atoms with van der Waals surface area (Å²) in [6, 6.07) is 3.32. The van der Waals surface area contributed by atoms with E-state index in [2.05, 4.69) is 20.2 Å². The van der Waals surface area contributed by atoms with E-state index in [4.69, 9.17) is 19.2 Å². The number of ether oxygens (including phenoxy) is 3. The van der Waals surface area contributed by atoms with E-state index < -0.39 is 52.2 Å². The number of fused-ring (bicyclic) bond motifs is 4. The number of carbonyl (C=O) groups is 2. The highest BCUT2D eigenvalue weighted by Crippen LogP contribution is 2.49. The lowest BCUT2D eigenvalue weighted by Crippen LogP contribution is -2.57. The lowest BCUT2D eigenvalue weighted by Gasteiger charge is -2.42. The van der Waals surface area contributed by atoms with Crippen molar-refractivity contribution in [1.82, 2.24) is 24.8 Å². The molecule has 320 valence electrons. The molecule has 2 atom stereocenters. The first-order valence-corrected chi connectivity index (χ1v) is 21.1. The van der Waals surface area contributed by atoms with Gasteiger partial charge in [0.25, 0.3) is 0 Å². The molecule has 0 spiro atoms. The number of hydrogen-bond acceptors (Lipinski definition) is 12. The molecule has 1 aromatic carbocycles. The van der Waals surface area contributed by atoms with E-state index in [-0.39, 0.29) is 80.6 Å². The molecule has 18 heteroatoms. The van der Waals surface area contributed by atoms with Crippen molar-refractivity contribution in [3.63, 3.8) is 0 Å². The number of aromatic nitrogens is 3. The second-order valence-electron chi connectivity index (χ2n) is 18.4. The van der Waals surface area contributed by atoms with Crippen LogP contribution in [0, 0.1) is 22.6 Å². The van der Waals surface area contributed by atoms with Gasteiger partial charge in [0.1, 0.15) is 39.5 Å². The van der Waals surface area contributed by atoms with Crippen molar-refractivity contribution in [3.05, 3.63) is 35.3 Å². The average molecular weight is 853 g/mol. The van der Waals surface area contributed by atoms with Crippen LogP contribution >= 0.6 is 11.3 Å². The number of alkyl halides is 3. The van der Waals surface area contributed by atoms with Gasteiger partial charge in [0.15, 0.2) is 0 Å². The van der Waals surface area contributed by atoms with E-state index in [9.17, 15) is 14.9 Å². The fraction of sp³-hybridized carbons (Fsp3) is 0.571. The predicted molar refractivity (Wildman–Crippen MR) is 218 cm³/mol. The molecule has 8 rings (SSSR count). The summed E-state index contributed by atoms with van der Waals surface area (Å²) < 4.78 is 80.0. The van der Waals surface area contributed by atoms with E-state index in [1.165, 1.54) is 6.20 Å². The number of likely N-dealkylation sites (tertiary alicyclic amines) is 1. The second kappa shape index (κ2) is 15.2. The van der Waals surface area contributed by atoms with Crippen molar-refractivity contribution in [2.24, 2.45) is 5.41 Å². The molecule has 2 unspecified atom stereocenters. The van der Waals surface area contributed by atoms with Crippen molar-refractivity contribution < 1.29 is 41.4 Å². The minimum atomic E-state index is -5.06. The Morgan fingerprint density at radius 1 is 1.00 bits per heavy atom. The SMILES string of the molecule is CC(C)(C)OC(=O)Nc1sc2c(F)ccc(-c3ncc4c(N5CC6CCC(C5)N6C(=O)OC(C)(C)C)nc(OCC5(CN6CCCC6)CC5)nc4c3C(F)(F)F)c2c1C#N. The molecule has 0 radical (unpaired) electrons. The van der Waals surface area contributed by atoms with Gasteiger partial charge in [-0.2, -0.15) is 28.4 Å². The van der Waals surface area contributed by atoms with Gasteiger partial charge in [-0.1, -0.05) is 0 Å². The lowest BCUT2D eigenvalue weighted by atomic mass is 9.97. The molecular formula is C42H48F4N8O5S. The standard InChI is InChI=1S/C42H48F4N8O5S/c1-39(2,3)58-37(55)51-35-26(17-47)29-25(11-12-28(43)33(29)60-35)31-30(42(44,45)46)32-27(18-48-31)34(50-36(49-32)57-22-41(13-14-41)21-52-15-7-8-16-52)53-19-23-9-10-24(20-53)54(23)38(56)59-40(4,5)6/h11-12,18,23-24H,7-10,13-16,19-22H2,1-6H3,(H,51,55). The van der Waals surface area contributed by atoms with Gasteiger partial charge >= 0.3 is 24.4 Å². The van der Waals surface area contributed by atoms with Crippen molar-refractivity contribution in [2.45, 2.75) is 110 Å². The largest absolute Gasteiger partial charge is 0.463 e. The molecule has 13 nitrogen and oxygen atoms in total. The summed E-state index contributed by atoms with van der Waals surface area (Å²) in [5, 5.41) is 12.6. The molecule has 1 N–H and O–H groups in total. The molecule has 4 aromatic rings. The van der Waals surface area contributed by atoms with Crippen molar-refractivity contribution >= 4 is 55.3 Å². The molecule has 2 amide bonds. The summed E-state index contributed by atoms with van der Waals surface area (Å²) in [6.45, 7) is 13.9. The molecule has 4 aliphatic rings. The van der Waals surface area contributed by atoms with Crippen LogP contribution in [0.2, 0.25) is 0 Å². The van der Waals surface area contributed by atoms with Gasteiger partial charge in [0, 0.05) is 42.2 Å². The van der Waals surface area contributed by atoms with Gasteiger partial charge in [0.05, 0.1) is 45.6 Å². The van der Waals surface area contributed by atoms with Gasteiger partial charge in [-0.25, -0.2) is 14.0 Å². The Hall–Kier alpha value is -5.02. The van der Waals surface area contributed by atoms with Gasteiger partial charge < -0.3 is 24.0 Å². The van der Waals surface area contributed by atoms with Crippen LogP contribution in [-0.4, -0.2) is 99.6 Å². The molecule has 2 bridgehead atoms. The molecule has 3 aliphatic heterocycles. The van der Waals surface area contributed by atoms with E-state index in [1.807, 2.05) is 11.0 Å². The zero-order chi connectivity index (χ0) is 42.9. The van der Waals surface area contributed by atoms with Gasteiger partial charge in [-0.15, -0.1) is 11.3 Å².